The van der Waals surface area contributed by atoms with Crippen molar-refractivity contribution in [2.24, 2.45) is 0 Å². The number of methoxy groups -OCH3 is 1. The van der Waals surface area contributed by atoms with Crippen LogP contribution < -0.4 is 9.47 Å². The number of rotatable bonds is 10. The summed E-state index contributed by atoms with van der Waals surface area (Å²) in [4.78, 5) is 2.56. The SMILES string of the molecule is COc1ccc(-c2cc(-c3cccc(OCCCCN4CCCC4)c3)n(-c3ccccc3)n2)cc1. The van der Waals surface area contributed by atoms with Gasteiger partial charge in [-0.15, -0.1) is 0 Å². The Hall–Kier alpha value is -3.57. The Balaban J connectivity index is 1.35. The molecule has 1 fully saturated rings. The highest BCUT2D eigenvalue weighted by atomic mass is 16.5. The Labute approximate surface area is 207 Å². The number of para-hydroxylation sites is 1. The van der Waals surface area contributed by atoms with Gasteiger partial charge in [-0.25, -0.2) is 4.68 Å². The van der Waals surface area contributed by atoms with Crippen molar-refractivity contribution in [2.45, 2.75) is 25.7 Å². The minimum absolute atomic E-state index is 0.742. The van der Waals surface area contributed by atoms with Crippen LogP contribution in [-0.4, -0.2) is 48.0 Å². The van der Waals surface area contributed by atoms with Gasteiger partial charge in [-0.1, -0.05) is 30.3 Å². The highest BCUT2D eigenvalue weighted by Crippen LogP contribution is 2.31. The maximum Gasteiger partial charge on any atom is 0.119 e. The molecule has 0 N–H and O–H groups in total. The van der Waals surface area contributed by atoms with E-state index in [4.69, 9.17) is 14.6 Å². The van der Waals surface area contributed by atoms with Crippen molar-refractivity contribution >= 4 is 0 Å². The molecule has 5 heteroatoms. The minimum atomic E-state index is 0.742. The molecule has 0 spiro atoms. The molecule has 1 aliphatic heterocycles. The first-order chi connectivity index (χ1) is 17.3. The van der Waals surface area contributed by atoms with Crippen LogP contribution in [0.5, 0.6) is 11.5 Å². The third kappa shape index (κ3) is 5.75. The van der Waals surface area contributed by atoms with Crippen molar-refractivity contribution < 1.29 is 9.47 Å². The second-order valence-corrected chi connectivity index (χ2v) is 9.02. The van der Waals surface area contributed by atoms with E-state index in [9.17, 15) is 0 Å². The summed E-state index contributed by atoms with van der Waals surface area (Å²) in [7, 11) is 1.68. The predicted molar refractivity (Wildman–Crippen MR) is 141 cm³/mol. The zero-order valence-corrected chi connectivity index (χ0v) is 20.4. The summed E-state index contributed by atoms with van der Waals surface area (Å²) >= 11 is 0. The fraction of sp³-hybridized carbons (Fsp3) is 0.300. The van der Waals surface area contributed by atoms with Crippen LogP contribution in [0.1, 0.15) is 25.7 Å². The average Bonchev–Trinajstić information content (AvgIpc) is 3.60. The third-order valence-electron chi connectivity index (χ3n) is 6.56. The summed E-state index contributed by atoms with van der Waals surface area (Å²) in [5.74, 6) is 1.73. The Morgan fingerprint density at radius 1 is 0.771 bits per heavy atom. The lowest BCUT2D eigenvalue weighted by atomic mass is 10.1. The molecule has 0 aliphatic carbocycles. The summed E-state index contributed by atoms with van der Waals surface area (Å²) < 4.78 is 13.5. The van der Waals surface area contributed by atoms with Gasteiger partial charge in [0.2, 0.25) is 0 Å². The minimum Gasteiger partial charge on any atom is -0.497 e. The Kier molecular flexibility index (Phi) is 7.44. The standard InChI is InChI=1S/C30H33N3O2/c1-34-27-16-14-24(15-17-27)29-23-30(33(31-29)26-11-3-2-4-12-26)25-10-9-13-28(22-25)35-21-8-7-20-32-18-5-6-19-32/h2-4,9-17,22-23H,5-8,18-21H2,1H3. The van der Waals surface area contributed by atoms with Crippen molar-refractivity contribution in [1.82, 2.24) is 14.7 Å². The molecule has 1 aromatic heterocycles. The summed E-state index contributed by atoms with van der Waals surface area (Å²) in [5.41, 5.74) is 5.10. The molecule has 1 aliphatic rings. The molecule has 0 unspecified atom stereocenters. The number of nitrogens with zero attached hydrogens (tertiary/aromatic N) is 3. The summed E-state index contributed by atoms with van der Waals surface area (Å²) in [6.07, 6.45) is 4.96. The summed E-state index contributed by atoms with van der Waals surface area (Å²) in [5, 5.41) is 4.97. The number of aromatic nitrogens is 2. The number of hydrogen-bond donors (Lipinski definition) is 0. The molecule has 0 atom stereocenters. The van der Waals surface area contributed by atoms with E-state index in [0.29, 0.717) is 0 Å². The molecule has 35 heavy (non-hydrogen) atoms. The molecule has 0 amide bonds. The molecule has 180 valence electrons. The van der Waals surface area contributed by atoms with Gasteiger partial charge in [0.05, 0.1) is 30.8 Å². The smallest absolute Gasteiger partial charge is 0.119 e. The van der Waals surface area contributed by atoms with Gasteiger partial charge in [0, 0.05) is 11.1 Å². The maximum atomic E-state index is 6.13. The molecule has 5 nitrogen and oxygen atoms in total. The zero-order chi connectivity index (χ0) is 23.9. The van der Waals surface area contributed by atoms with Crippen LogP contribution in [0, 0.1) is 0 Å². The van der Waals surface area contributed by atoms with Crippen molar-refractivity contribution in [3.8, 4) is 39.7 Å². The van der Waals surface area contributed by atoms with Gasteiger partial charge >= 0.3 is 0 Å². The van der Waals surface area contributed by atoms with E-state index in [1.165, 1.54) is 38.9 Å². The lowest BCUT2D eigenvalue weighted by Gasteiger charge is -2.14. The highest BCUT2D eigenvalue weighted by Gasteiger charge is 2.14. The van der Waals surface area contributed by atoms with Crippen LogP contribution >= 0.6 is 0 Å². The largest absolute Gasteiger partial charge is 0.497 e. The van der Waals surface area contributed by atoms with Crippen LogP contribution in [0.3, 0.4) is 0 Å². The fourth-order valence-corrected chi connectivity index (χ4v) is 4.63. The molecule has 0 radical (unpaired) electrons. The molecule has 0 bridgehead atoms. The topological polar surface area (TPSA) is 39.5 Å². The van der Waals surface area contributed by atoms with Crippen molar-refractivity contribution in [2.75, 3.05) is 33.4 Å². The van der Waals surface area contributed by atoms with E-state index in [2.05, 4.69) is 41.3 Å². The first-order valence-electron chi connectivity index (χ1n) is 12.6. The third-order valence-corrected chi connectivity index (χ3v) is 6.56. The van der Waals surface area contributed by atoms with Crippen LogP contribution in [0.2, 0.25) is 0 Å². The lowest BCUT2D eigenvalue weighted by Crippen LogP contribution is -2.20. The van der Waals surface area contributed by atoms with E-state index in [-0.39, 0.29) is 0 Å². The van der Waals surface area contributed by atoms with Crippen molar-refractivity contribution in [3.05, 3.63) is 84.9 Å². The first kappa shape index (κ1) is 23.2. The van der Waals surface area contributed by atoms with Gasteiger partial charge in [-0.05, 0) is 99.9 Å². The number of likely N-dealkylation sites (tertiary alicyclic amines) is 1. The lowest BCUT2D eigenvalue weighted by molar-refractivity contribution is 0.280. The second-order valence-electron chi connectivity index (χ2n) is 9.02. The molecule has 2 heterocycles. The molecule has 3 aromatic carbocycles. The molecule has 4 aromatic rings. The molecular formula is C30H33N3O2. The van der Waals surface area contributed by atoms with Gasteiger partial charge in [0.25, 0.3) is 0 Å². The van der Waals surface area contributed by atoms with Crippen LogP contribution in [0.25, 0.3) is 28.2 Å². The molecule has 1 saturated heterocycles. The molecular weight excluding hydrogens is 434 g/mol. The van der Waals surface area contributed by atoms with Crippen LogP contribution in [-0.2, 0) is 0 Å². The van der Waals surface area contributed by atoms with Gasteiger partial charge in [0.15, 0.2) is 0 Å². The van der Waals surface area contributed by atoms with Gasteiger partial charge < -0.3 is 14.4 Å². The fourth-order valence-electron chi connectivity index (χ4n) is 4.63. The number of hydrogen-bond acceptors (Lipinski definition) is 4. The number of benzene rings is 3. The quantitative estimate of drug-likeness (QED) is 0.251. The van der Waals surface area contributed by atoms with Gasteiger partial charge in [0.1, 0.15) is 11.5 Å². The average molecular weight is 468 g/mol. The molecule has 5 rings (SSSR count). The Morgan fingerprint density at radius 2 is 1.57 bits per heavy atom. The maximum absolute atomic E-state index is 6.13. The monoisotopic (exact) mass is 467 g/mol. The highest BCUT2D eigenvalue weighted by molar-refractivity contribution is 5.71. The first-order valence-corrected chi connectivity index (χ1v) is 12.6. The van der Waals surface area contributed by atoms with Crippen LogP contribution in [0.15, 0.2) is 84.9 Å². The Morgan fingerprint density at radius 3 is 2.34 bits per heavy atom. The zero-order valence-electron chi connectivity index (χ0n) is 20.4. The van der Waals surface area contributed by atoms with Crippen molar-refractivity contribution in [3.63, 3.8) is 0 Å². The number of ether oxygens (including phenoxy) is 2. The second kappa shape index (κ2) is 11.2. The summed E-state index contributed by atoms with van der Waals surface area (Å²) in [6, 6.07) is 28.8. The van der Waals surface area contributed by atoms with E-state index in [0.717, 1.165) is 52.7 Å². The molecule has 0 saturated carbocycles. The van der Waals surface area contributed by atoms with E-state index in [1.54, 1.807) is 7.11 Å². The van der Waals surface area contributed by atoms with E-state index in [1.807, 2.05) is 53.2 Å². The van der Waals surface area contributed by atoms with E-state index >= 15 is 0 Å². The van der Waals surface area contributed by atoms with E-state index < -0.39 is 0 Å². The predicted octanol–water partition coefficient (Wildman–Crippen LogP) is 6.47. The van der Waals surface area contributed by atoms with Gasteiger partial charge in [-0.2, -0.15) is 5.10 Å². The number of unbranched alkanes of at least 4 members (excludes halogenated alkanes) is 1. The normalized spacial score (nSPS) is 13.7. The van der Waals surface area contributed by atoms with Crippen molar-refractivity contribution in [1.29, 1.82) is 0 Å². The Bertz CT molecular complexity index is 1210. The van der Waals surface area contributed by atoms with Gasteiger partial charge in [-0.3, -0.25) is 0 Å². The van der Waals surface area contributed by atoms with Crippen LogP contribution in [0.4, 0.5) is 0 Å². The summed E-state index contributed by atoms with van der Waals surface area (Å²) in [6.45, 7) is 4.45.